The molecule has 1 aromatic heterocycles. The Balaban J connectivity index is 2.44. The quantitative estimate of drug-likeness (QED) is 0.744. The van der Waals surface area contributed by atoms with Crippen LogP contribution in [0.1, 0.15) is 15.2 Å². The van der Waals surface area contributed by atoms with Gasteiger partial charge in [-0.1, -0.05) is 0 Å². The van der Waals surface area contributed by atoms with Crippen molar-refractivity contribution in [2.45, 2.75) is 6.92 Å². The van der Waals surface area contributed by atoms with Crippen molar-refractivity contribution in [3.8, 4) is 0 Å². The first-order valence-corrected chi connectivity index (χ1v) is 5.81. The molecule has 0 spiro atoms. The van der Waals surface area contributed by atoms with E-state index >= 15 is 0 Å². The second-order valence-electron chi connectivity index (χ2n) is 3.59. The Morgan fingerprint density at radius 1 is 1.56 bits per heavy atom. The molecule has 0 aliphatic rings. The minimum absolute atomic E-state index is 0.218. The summed E-state index contributed by atoms with van der Waals surface area (Å²) in [5, 5.41) is 12.4. The van der Waals surface area contributed by atoms with Crippen molar-refractivity contribution in [2.24, 2.45) is 0 Å². The number of nitrogen functional groups attached to an aromatic ring is 1. The van der Waals surface area contributed by atoms with Crippen LogP contribution < -0.4 is 11.1 Å². The molecule has 0 bridgehead atoms. The van der Waals surface area contributed by atoms with Crippen molar-refractivity contribution >= 4 is 33.8 Å². The van der Waals surface area contributed by atoms with Crippen molar-refractivity contribution in [1.82, 2.24) is 4.98 Å². The van der Waals surface area contributed by atoms with Gasteiger partial charge in [0.2, 0.25) is 0 Å². The fourth-order valence-corrected chi connectivity index (χ4v) is 2.13. The molecule has 5 nitrogen and oxygen atoms in total. The maximum atomic E-state index is 13.2. The molecule has 0 atom stereocenters. The summed E-state index contributed by atoms with van der Waals surface area (Å²) >= 11 is 1.36. The van der Waals surface area contributed by atoms with Gasteiger partial charge in [0.1, 0.15) is 11.4 Å². The number of aromatic nitrogens is 1. The van der Waals surface area contributed by atoms with Gasteiger partial charge in [-0.15, -0.1) is 11.3 Å². The number of benzene rings is 1. The minimum atomic E-state index is -1.29. The average molecular weight is 267 g/mol. The zero-order chi connectivity index (χ0) is 13.3. The molecule has 1 aromatic carbocycles. The van der Waals surface area contributed by atoms with Gasteiger partial charge in [-0.2, -0.15) is 0 Å². The highest BCUT2D eigenvalue weighted by Gasteiger charge is 2.18. The number of hydrogen-bond acceptors (Lipinski definition) is 5. The fourth-order valence-electron chi connectivity index (χ4n) is 1.46. The number of nitrogens with zero attached hydrogens (tertiary/aromatic N) is 1. The molecule has 0 aliphatic heterocycles. The molecule has 94 valence electrons. The normalized spacial score (nSPS) is 10.3. The highest BCUT2D eigenvalue weighted by atomic mass is 32.1. The number of nitrogens with two attached hydrogens (primary N) is 1. The zero-order valence-corrected chi connectivity index (χ0v) is 10.2. The van der Waals surface area contributed by atoms with Crippen LogP contribution in [0.2, 0.25) is 0 Å². The summed E-state index contributed by atoms with van der Waals surface area (Å²) in [6, 6.07) is 2.44. The third kappa shape index (κ3) is 2.25. The largest absolute Gasteiger partial charge is 0.478 e. The molecule has 2 aromatic rings. The summed E-state index contributed by atoms with van der Waals surface area (Å²) in [6.07, 6.45) is 1.65. The molecule has 1 heterocycles. The van der Waals surface area contributed by atoms with Crippen LogP contribution in [0, 0.1) is 12.7 Å². The van der Waals surface area contributed by atoms with Crippen molar-refractivity contribution in [1.29, 1.82) is 0 Å². The van der Waals surface area contributed by atoms with Crippen LogP contribution in [-0.4, -0.2) is 16.1 Å². The molecular formula is C11H10FN3O2S. The smallest absolute Gasteiger partial charge is 0.340 e. The highest BCUT2D eigenvalue weighted by molar-refractivity contribution is 7.15. The van der Waals surface area contributed by atoms with E-state index in [4.69, 9.17) is 10.8 Å². The molecule has 4 N–H and O–H groups in total. The Labute approximate surface area is 106 Å². The van der Waals surface area contributed by atoms with E-state index in [9.17, 15) is 9.18 Å². The number of carboxylic acid groups (broad SMARTS) is 1. The topological polar surface area (TPSA) is 88.2 Å². The van der Waals surface area contributed by atoms with Gasteiger partial charge in [-0.05, 0) is 19.1 Å². The van der Waals surface area contributed by atoms with E-state index in [-0.39, 0.29) is 16.9 Å². The lowest BCUT2D eigenvalue weighted by molar-refractivity contribution is 0.0698. The summed E-state index contributed by atoms with van der Waals surface area (Å²) in [4.78, 5) is 16.1. The van der Waals surface area contributed by atoms with E-state index in [0.29, 0.717) is 5.13 Å². The fraction of sp³-hybridized carbons (Fsp3) is 0.0909. The van der Waals surface area contributed by atoms with Crippen LogP contribution in [0.15, 0.2) is 18.3 Å². The molecule has 0 fully saturated rings. The maximum absolute atomic E-state index is 13.2. The molecule has 2 rings (SSSR count). The Hall–Kier alpha value is -2.15. The third-order valence-corrected chi connectivity index (χ3v) is 3.10. The first-order valence-electron chi connectivity index (χ1n) is 4.99. The number of halogens is 1. The van der Waals surface area contributed by atoms with Crippen molar-refractivity contribution < 1.29 is 14.3 Å². The van der Waals surface area contributed by atoms with Crippen LogP contribution >= 0.6 is 11.3 Å². The first-order chi connectivity index (χ1) is 8.49. The van der Waals surface area contributed by atoms with Gasteiger partial charge in [0.25, 0.3) is 0 Å². The van der Waals surface area contributed by atoms with Gasteiger partial charge < -0.3 is 16.2 Å². The minimum Gasteiger partial charge on any atom is -0.478 e. The average Bonchev–Trinajstić information content (AvgIpc) is 2.69. The summed E-state index contributed by atoms with van der Waals surface area (Å²) in [6.45, 7) is 1.87. The number of carboxylic acids is 1. The van der Waals surface area contributed by atoms with Crippen LogP contribution in [0.4, 0.5) is 20.9 Å². The molecule has 0 saturated carbocycles. The van der Waals surface area contributed by atoms with Crippen molar-refractivity contribution in [2.75, 3.05) is 11.1 Å². The Kier molecular flexibility index (Phi) is 3.15. The third-order valence-electron chi connectivity index (χ3n) is 2.27. The number of anilines is 3. The van der Waals surface area contributed by atoms with Crippen molar-refractivity contribution in [3.63, 3.8) is 0 Å². The Morgan fingerprint density at radius 2 is 2.28 bits per heavy atom. The van der Waals surface area contributed by atoms with Crippen molar-refractivity contribution in [3.05, 3.63) is 34.6 Å². The van der Waals surface area contributed by atoms with Gasteiger partial charge >= 0.3 is 5.97 Å². The molecule has 0 unspecified atom stereocenters. The van der Waals surface area contributed by atoms with E-state index < -0.39 is 11.8 Å². The Morgan fingerprint density at radius 3 is 2.83 bits per heavy atom. The van der Waals surface area contributed by atoms with Crippen LogP contribution in [-0.2, 0) is 0 Å². The second kappa shape index (κ2) is 4.61. The molecule has 0 aliphatic carbocycles. The lowest BCUT2D eigenvalue weighted by Gasteiger charge is -2.09. The van der Waals surface area contributed by atoms with E-state index in [1.54, 1.807) is 6.20 Å². The van der Waals surface area contributed by atoms with Gasteiger partial charge in [-0.25, -0.2) is 14.2 Å². The summed E-state index contributed by atoms with van der Waals surface area (Å²) in [7, 11) is 0. The lowest BCUT2D eigenvalue weighted by atomic mass is 10.1. The summed E-state index contributed by atoms with van der Waals surface area (Å²) < 4.78 is 13.2. The maximum Gasteiger partial charge on any atom is 0.340 e. The number of nitrogens with one attached hydrogen (secondary N) is 1. The second-order valence-corrected chi connectivity index (χ2v) is 4.82. The van der Waals surface area contributed by atoms with E-state index in [1.807, 2.05) is 6.92 Å². The van der Waals surface area contributed by atoms with Crippen LogP contribution in [0.3, 0.4) is 0 Å². The first kappa shape index (κ1) is 12.3. The molecular weight excluding hydrogens is 257 g/mol. The van der Waals surface area contributed by atoms with E-state index in [1.165, 1.54) is 17.4 Å². The molecule has 7 heteroatoms. The Bertz CT molecular complexity index is 612. The number of aryl methyl sites for hydroxylation is 1. The molecule has 0 amide bonds. The van der Waals surface area contributed by atoms with Gasteiger partial charge in [0.15, 0.2) is 5.13 Å². The number of carbonyl (C=O) groups is 1. The summed E-state index contributed by atoms with van der Waals surface area (Å²) in [5.41, 5.74) is 4.97. The van der Waals surface area contributed by atoms with Crippen LogP contribution in [0.25, 0.3) is 0 Å². The predicted molar refractivity (Wildman–Crippen MR) is 67.9 cm³/mol. The number of thiazole rings is 1. The molecule has 18 heavy (non-hydrogen) atoms. The number of rotatable bonds is 3. The lowest BCUT2D eigenvalue weighted by Crippen LogP contribution is -2.08. The monoisotopic (exact) mass is 267 g/mol. The van der Waals surface area contributed by atoms with E-state index in [0.717, 1.165) is 10.9 Å². The highest BCUT2D eigenvalue weighted by Crippen LogP contribution is 2.29. The summed E-state index contributed by atoms with van der Waals surface area (Å²) in [5.74, 6) is -2.05. The van der Waals surface area contributed by atoms with Gasteiger partial charge in [-0.3, -0.25) is 0 Å². The van der Waals surface area contributed by atoms with Gasteiger partial charge in [0, 0.05) is 11.1 Å². The number of aromatic carboxylic acids is 1. The molecule has 0 radical (unpaired) electrons. The van der Waals surface area contributed by atoms with Gasteiger partial charge in [0.05, 0.1) is 11.4 Å². The predicted octanol–water partition coefficient (Wildman–Crippen LogP) is 2.61. The zero-order valence-electron chi connectivity index (χ0n) is 9.40. The standard InChI is InChI=1S/C11H10FN3O2S/c1-5-4-14-11(18-5)15-7-3-2-6(12)9(13)8(7)10(16)17/h2-4H,13H2,1H3,(H,14,15)(H,16,17). The van der Waals surface area contributed by atoms with Crippen LogP contribution in [0.5, 0.6) is 0 Å². The number of hydrogen-bond donors (Lipinski definition) is 3. The van der Waals surface area contributed by atoms with E-state index in [2.05, 4.69) is 10.3 Å². The molecule has 0 saturated heterocycles. The SMILES string of the molecule is Cc1cnc(Nc2ccc(F)c(N)c2C(=O)O)s1.